The first-order valence-corrected chi connectivity index (χ1v) is 4.80. The standard InChI is InChI=1S/C8H15N3OS/c1-10(6-7(9)13)8(12)11-4-2-3-5-11/h2-6H2,1H3,(H2,9,13). The molecule has 2 N–H and O–H groups in total. The highest BCUT2D eigenvalue weighted by Gasteiger charge is 2.20. The van der Waals surface area contributed by atoms with Gasteiger partial charge in [-0.1, -0.05) is 12.2 Å². The number of likely N-dealkylation sites (tertiary alicyclic amines) is 1. The summed E-state index contributed by atoms with van der Waals surface area (Å²) < 4.78 is 0. The van der Waals surface area contributed by atoms with E-state index in [1.165, 1.54) is 0 Å². The summed E-state index contributed by atoms with van der Waals surface area (Å²) in [4.78, 5) is 15.4. The van der Waals surface area contributed by atoms with Gasteiger partial charge in [0.25, 0.3) is 0 Å². The molecule has 0 unspecified atom stereocenters. The highest BCUT2D eigenvalue weighted by Crippen LogP contribution is 2.09. The van der Waals surface area contributed by atoms with E-state index in [9.17, 15) is 4.79 Å². The van der Waals surface area contributed by atoms with Crippen molar-refractivity contribution in [2.45, 2.75) is 12.8 Å². The predicted molar refractivity (Wildman–Crippen MR) is 55.6 cm³/mol. The molecule has 1 aliphatic heterocycles. The van der Waals surface area contributed by atoms with Gasteiger partial charge < -0.3 is 15.5 Å². The van der Waals surface area contributed by atoms with Crippen molar-refractivity contribution in [2.24, 2.45) is 5.73 Å². The summed E-state index contributed by atoms with van der Waals surface area (Å²) in [5.41, 5.74) is 5.35. The van der Waals surface area contributed by atoms with E-state index < -0.39 is 0 Å². The minimum Gasteiger partial charge on any atom is -0.392 e. The highest BCUT2D eigenvalue weighted by molar-refractivity contribution is 7.80. The first-order chi connectivity index (χ1) is 6.11. The third-order valence-electron chi connectivity index (χ3n) is 2.10. The van der Waals surface area contributed by atoms with Crippen LogP contribution in [0.15, 0.2) is 0 Å². The van der Waals surface area contributed by atoms with Gasteiger partial charge >= 0.3 is 6.03 Å². The van der Waals surface area contributed by atoms with Crippen LogP contribution in [0.5, 0.6) is 0 Å². The zero-order valence-corrected chi connectivity index (χ0v) is 8.64. The van der Waals surface area contributed by atoms with Crippen LogP contribution in [0.3, 0.4) is 0 Å². The molecule has 1 heterocycles. The van der Waals surface area contributed by atoms with Crippen LogP contribution in [-0.2, 0) is 0 Å². The van der Waals surface area contributed by atoms with Crippen LogP contribution in [0.4, 0.5) is 4.79 Å². The Hall–Kier alpha value is -0.840. The molecule has 1 fully saturated rings. The molecule has 4 nitrogen and oxygen atoms in total. The van der Waals surface area contributed by atoms with Crippen molar-refractivity contribution < 1.29 is 4.79 Å². The van der Waals surface area contributed by atoms with Gasteiger partial charge in [-0.05, 0) is 12.8 Å². The number of carbonyl (C=O) groups excluding carboxylic acids is 1. The molecule has 0 saturated carbocycles. The molecule has 0 aromatic rings. The van der Waals surface area contributed by atoms with E-state index in [0.717, 1.165) is 25.9 Å². The smallest absolute Gasteiger partial charge is 0.320 e. The number of urea groups is 1. The van der Waals surface area contributed by atoms with Gasteiger partial charge in [-0.25, -0.2) is 4.79 Å². The van der Waals surface area contributed by atoms with Crippen LogP contribution in [0.1, 0.15) is 12.8 Å². The Labute approximate surface area is 83.7 Å². The Morgan fingerprint density at radius 3 is 2.54 bits per heavy atom. The second kappa shape index (κ2) is 4.41. The molecule has 1 aliphatic rings. The summed E-state index contributed by atoms with van der Waals surface area (Å²) in [6.45, 7) is 2.09. The van der Waals surface area contributed by atoms with Gasteiger partial charge in [0.15, 0.2) is 0 Å². The minimum atomic E-state index is 0.0327. The summed E-state index contributed by atoms with van der Waals surface area (Å²) in [5, 5.41) is 0. The zero-order valence-electron chi connectivity index (χ0n) is 7.82. The van der Waals surface area contributed by atoms with Crippen LogP contribution in [-0.4, -0.2) is 47.5 Å². The molecule has 5 heteroatoms. The number of hydrogen-bond donors (Lipinski definition) is 1. The number of nitrogens with zero attached hydrogens (tertiary/aromatic N) is 2. The summed E-state index contributed by atoms with van der Waals surface area (Å²) in [5.74, 6) is 0. The van der Waals surface area contributed by atoms with Crippen LogP contribution < -0.4 is 5.73 Å². The number of likely N-dealkylation sites (N-methyl/N-ethyl adjacent to an activating group) is 1. The lowest BCUT2D eigenvalue weighted by molar-refractivity contribution is 0.178. The zero-order chi connectivity index (χ0) is 9.84. The summed E-state index contributed by atoms with van der Waals surface area (Å²) in [6, 6.07) is 0.0327. The molecule has 0 aromatic carbocycles. The molecule has 74 valence electrons. The number of carbonyl (C=O) groups is 1. The summed E-state index contributed by atoms with van der Waals surface area (Å²) in [7, 11) is 1.72. The largest absolute Gasteiger partial charge is 0.392 e. The number of nitrogens with two attached hydrogens (primary N) is 1. The molecule has 0 radical (unpaired) electrons. The Morgan fingerprint density at radius 2 is 2.08 bits per heavy atom. The summed E-state index contributed by atoms with van der Waals surface area (Å²) >= 11 is 4.73. The average Bonchev–Trinajstić information content (AvgIpc) is 2.53. The normalized spacial score (nSPS) is 15.9. The Morgan fingerprint density at radius 1 is 1.54 bits per heavy atom. The fourth-order valence-corrected chi connectivity index (χ4v) is 1.64. The van der Waals surface area contributed by atoms with Crippen molar-refractivity contribution in [1.29, 1.82) is 0 Å². The van der Waals surface area contributed by atoms with Crippen LogP contribution in [0.25, 0.3) is 0 Å². The first-order valence-electron chi connectivity index (χ1n) is 4.39. The minimum absolute atomic E-state index is 0.0327. The van der Waals surface area contributed by atoms with E-state index in [0.29, 0.717) is 11.5 Å². The maximum Gasteiger partial charge on any atom is 0.320 e. The van der Waals surface area contributed by atoms with Crippen LogP contribution in [0, 0.1) is 0 Å². The Kier molecular flexibility index (Phi) is 3.48. The number of hydrogen-bond acceptors (Lipinski definition) is 2. The second-order valence-electron chi connectivity index (χ2n) is 3.30. The van der Waals surface area contributed by atoms with Gasteiger partial charge in [0.05, 0.1) is 11.5 Å². The first kappa shape index (κ1) is 10.2. The van der Waals surface area contributed by atoms with E-state index >= 15 is 0 Å². The van der Waals surface area contributed by atoms with Gasteiger partial charge in [-0.15, -0.1) is 0 Å². The molecule has 0 bridgehead atoms. The van der Waals surface area contributed by atoms with Crippen LogP contribution >= 0.6 is 12.2 Å². The van der Waals surface area contributed by atoms with Crippen molar-refractivity contribution >= 4 is 23.2 Å². The monoisotopic (exact) mass is 201 g/mol. The van der Waals surface area contributed by atoms with Crippen molar-refractivity contribution in [3.05, 3.63) is 0 Å². The Balaban J connectivity index is 2.41. The van der Waals surface area contributed by atoms with Gasteiger partial charge in [0, 0.05) is 20.1 Å². The fraction of sp³-hybridized carbons (Fsp3) is 0.750. The molecule has 0 aromatic heterocycles. The number of amides is 2. The van der Waals surface area contributed by atoms with Gasteiger partial charge in [0.2, 0.25) is 0 Å². The molecular formula is C8H15N3OS. The van der Waals surface area contributed by atoms with Crippen molar-refractivity contribution in [3.63, 3.8) is 0 Å². The fourth-order valence-electron chi connectivity index (χ4n) is 1.45. The van der Waals surface area contributed by atoms with Gasteiger partial charge in [0.1, 0.15) is 0 Å². The van der Waals surface area contributed by atoms with E-state index in [2.05, 4.69) is 0 Å². The molecule has 0 atom stereocenters. The van der Waals surface area contributed by atoms with Crippen molar-refractivity contribution in [2.75, 3.05) is 26.7 Å². The van der Waals surface area contributed by atoms with Gasteiger partial charge in [-0.2, -0.15) is 0 Å². The molecule has 13 heavy (non-hydrogen) atoms. The molecule has 1 saturated heterocycles. The maximum absolute atomic E-state index is 11.6. The third-order valence-corrected chi connectivity index (χ3v) is 2.23. The predicted octanol–water partition coefficient (Wildman–Crippen LogP) is 0.420. The van der Waals surface area contributed by atoms with E-state index in [1.807, 2.05) is 4.90 Å². The Bertz CT molecular complexity index is 213. The van der Waals surface area contributed by atoms with E-state index in [1.54, 1.807) is 11.9 Å². The summed E-state index contributed by atoms with van der Waals surface area (Å²) in [6.07, 6.45) is 2.21. The quantitative estimate of drug-likeness (QED) is 0.659. The van der Waals surface area contributed by atoms with Crippen molar-refractivity contribution in [1.82, 2.24) is 9.80 Å². The SMILES string of the molecule is CN(CC(N)=S)C(=O)N1CCCC1. The molecular weight excluding hydrogens is 186 g/mol. The number of rotatable bonds is 2. The molecule has 0 aliphatic carbocycles. The van der Waals surface area contributed by atoms with Crippen LogP contribution in [0.2, 0.25) is 0 Å². The molecule has 1 rings (SSSR count). The molecule has 0 spiro atoms. The van der Waals surface area contributed by atoms with Gasteiger partial charge in [-0.3, -0.25) is 0 Å². The number of thiocarbonyl (C=S) groups is 1. The maximum atomic E-state index is 11.6. The topological polar surface area (TPSA) is 49.6 Å². The lowest BCUT2D eigenvalue weighted by Gasteiger charge is -2.23. The van der Waals surface area contributed by atoms with E-state index in [4.69, 9.17) is 18.0 Å². The highest BCUT2D eigenvalue weighted by atomic mass is 32.1. The lowest BCUT2D eigenvalue weighted by atomic mass is 10.4. The van der Waals surface area contributed by atoms with Crippen molar-refractivity contribution in [3.8, 4) is 0 Å². The second-order valence-corrected chi connectivity index (χ2v) is 3.82. The third kappa shape index (κ3) is 2.84. The molecule has 2 amide bonds. The lowest BCUT2D eigenvalue weighted by Crippen LogP contribution is -2.42. The van der Waals surface area contributed by atoms with E-state index in [-0.39, 0.29) is 6.03 Å². The average molecular weight is 201 g/mol.